The number of aliphatic imine (C=N–C) groups is 1. The van der Waals surface area contributed by atoms with Crippen LogP contribution in [0, 0.1) is 0 Å². The van der Waals surface area contributed by atoms with Crippen molar-refractivity contribution < 1.29 is 9.47 Å². The summed E-state index contributed by atoms with van der Waals surface area (Å²) in [5.74, 6) is 2.51. The molecule has 2 N–H and O–H groups in total. The molecule has 1 fully saturated rings. The minimum atomic E-state index is 0.586. The molecule has 1 heterocycles. The number of hydrogen-bond donors (Lipinski definition) is 2. The number of nitrogens with one attached hydrogen (secondary N) is 2. The highest BCUT2D eigenvalue weighted by atomic mass is 16.5. The Bertz CT molecular complexity index is 527. The molecule has 0 aromatic heterocycles. The Balaban J connectivity index is 1.47. The molecule has 1 aromatic carbocycles. The van der Waals surface area contributed by atoms with Crippen molar-refractivity contribution in [3.05, 3.63) is 24.3 Å². The van der Waals surface area contributed by atoms with Crippen LogP contribution in [0.5, 0.6) is 11.5 Å². The molecule has 6 heteroatoms. The summed E-state index contributed by atoms with van der Waals surface area (Å²) < 4.78 is 10.8. The van der Waals surface area contributed by atoms with Gasteiger partial charge in [-0.15, -0.1) is 0 Å². The van der Waals surface area contributed by atoms with E-state index in [0.29, 0.717) is 13.2 Å². The minimum absolute atomic E-state index is 0.586. The Kier molecular flexibility index (Phi) is 10.5. The van der Waals surface area contributed by atoms with Crippen LogP contribution < -0.4 is 20.1 Å². The largest absolute Gasteiger partial charge is 0.497 e. The molecule has 27 heavy (non-hydrogen) atoms. The lowest BCUT2D eigenvalue weighted by Gasteiger charge is -2.26. The molecule has 6 nitrogen and oxygen atoms in total. The van der Waals surface area contributed by atoms with Crippen molar-refractivity contribution in [3.8, 4) is 11.5 Å². The number of benzene rings is 1. The first kappa shape index (κ1) is 21.4. The van der Waals surface area contributed by atoms with Crippen LogP contribution in [0.25, 0.3) is 0 Å². The highest BCUT2D eigenvalue weighted by Gasteiger charge is 2.08. The van der Waals surface area contributed by atoms with Crippen molar-refractivity contribution in [2.24, 2.45) is 4.99 Å². The van der Waals surface area contributed by atoms with Crippen LogP contribution in [0.2, 0.25) is 0 Å². The number of ether oxygens (including phenoxy) is 2. The minimum Gasteiger partial charge on any atom is -0.497 e. The van der Waals surface area contributed by atoms with Crippen molar-refractivity contribution in [2.45, 2.75) is 38.5 Å². The molecule has 1 aliphatic heterocycles. The zero-order chi connectivity index (χ0) is 19.2. The van der Waals surface area contributed by atoms with E-state index >= 15 is 0 Å². The molecule has 0 radical (unpaired) electrons. The fourth-order valence-electron chi connectivity index (χ4n) is 3.26. The van der Waals surface area contributed by atoms with Crippen molar-refractivity contribution in [1.82, 2.24) is 15.5 Å². The van der Waals surface area contributed by atoms with Gasteiger partial charge in [0.05, 0.1) is 13.7 Å². The maximum atomic E-state index is 5.71. The Morgan fingerprint density at radius 1 is 0.963 bits per heavy atom. The van der Waals surface area contributed by atoms with Crippen LogP contribution in [0.15, 0.2) is 29.3 Å². The lowest BCUT2D eigenvalue weighted by Crippen LogP contribution is -2.39. The average Bonchev–Trinajstić information content (AvgIpc) is 2.73. The smallest absolute Gasteiger partial charge is 0.191 e. The van der Waals surface area contributed by atoms with E-state index in [-0.39, 0.29) is 0 Å². The maximum absolute atomic E-state index is 5.71. The van der Waals surface area contributed by atoms with Gasteiger partial charge < -0.3 is 25.0 Å². The van der Waals surface area contributed by atoms with E-state index < -0.39 is 0 Å². The van der Waals surface area contributed by atoms with Gasteiger partial charge >= 0.3 is 0 Å². The number of nitrogens with zero attached hydrogens (tertiary/aromatic N) is 2. The normalized spacial score (nSPS) is 15.4. The van der Waals surface area contributed by atoms with E-state index in [4.69, 9.17) is 9.47 Å². The fourth-order valence-corrected chi connectivity index (χ4v) is 3.26. The van der Waals surface area contributed by atoms with Gasteiger partial charge in [-0.1, -0.05) is 12.8 Å². The SMILES string of the molecule is CN=C(NCCCCCN1CCCCC1)NCCOc1ccc(OC)cc1. The second-order valence-electron chi connectivity index (χ2n) is 6.91. The lowest BCUT2D eigenvalue weighted by molar-refractivity contribution is 0.224. The van der Waals surface area contributed by atoms with E-state index in [9.17, 15) is 0 Å². The fraction of sp³-hybridized carbons (Fsp3) is 0.667. The summed E-state index contributed by atoms with van der Waals surface area (Å²) in [7, 11) is 3.46. The summed E-state index contributed by atoms with van der Waals surface area (Å²) in [6, 6.07) is 7.62. The summed E-state index contributed by atoms with van der Waals surface area (Å²) in [5.41, 5.74) is 0. The summed E-state index contributed by atoms with van der Waals surface area (Å²) in [6.07, 6.45) is 7.91. The molecular weight excluding hydrogens is 340 g/mol. The van der Waals surface area contributed by atoms with E-state index in [1.54, 1.807) is 14.2 Å². The van der Waals surface area contributed by atoms with Gasteiger partial charge in [-0.05, 0) is 69.6 Å². The predicted octanol–water partition coefficient (Wildman–Crippen LogP) is 2.90. The standard InChI is InChI=1S/C21H36N4O2/c1-22-21(23-13-5-3-6-15-25-16-7-4-8-17-25)24-14-18-27-20-11-9-19(26-2)10-12-20/h9-12H,3-8,13-18H2,1-2H3,(H2,22,23,24). The van der Waals surface area contributed by atoms with Gasteiger partial charge in [-0.3, -0.25) is 4.99 Å². The Labute approximate surface area is 164 Å². The van der Waals surface area contributed by atoms with E-state index in [1.165, 1.54) is 58.2 Å². The number of guanidine groups is 1. The first-order chi connectivity index (χ1) is 13.3. The van der Waals surface area contributed by atoms with Crippen molar-refractivity contribution in [1.29, 1.82) is 0 Å². The van der Waals surface area contributed by atoms with Crippen molar-refractivity contribution >= 4 is 5.96 Å². The summed E-state index contributed by atoms with van der Waals surface area (Å²) in [6.45, 7) is 6.11. The monoisotopic (exact) mass is 376 g/mol. The maximum Gasteiger partial charge on any atom is 0.191 e. The summed E-state index contributed by atoms with van der Waals surface area (Å²) >= 11 is 0. The number of rotatable bonds is 11. The van der Waals surface area contributed by atoms with Gasteiger partial charge in [0, 0.05) is 13.6 Å². The van der Waals surface area contributed by atoms with Gasteiger partial charge in [-0.2, -0.15) is 0 Å². The third-order valence-corrected chi connectivity index (χ3v) is 4.84. The second kappa shape index (κ2) is 13.3. The molecular formula is C21H36N4O2. The van der Waals surface area contributed by atoms with Crippen LogP contribution in [0.3, 0.4) is 0 Å². The quantitative estimate of drug-likeness (QED) is 0.353. The molecule has 0 saturated carbocycles. The van der Waals surface area contributed by atoms with Crippen LogP contribution in [-0.2, 0) is 0 Å². The predicted molar refractivity (Wildman–Crippen MR) is 112 cm³/mol. The number of likely N-dealkylation sites (tertiary alicyclic amines) is 1. The van der Waals surface area contributed by atoms with Crippen LogP contribution in [0.4, 0.5) is 0 Å². The molecule has 0 amide bonds. The lowest BCUT2D eigenvalue weighted by atomic mass is 10.1. The van der Waals surface area contributed by atoms with E-state index in [2.05, 4.69) is 20.5 Å². The molecule has 1 saturated heterocycles. The second-order valence-corrected chi connectivity index (χ2v) is 6.91. The number of methoxy groups -OCH3 is 1. The third-order valence-electron chi connectivity index (χ3n) is 4.84. The topological polar surface area (TPSA) is 58.1 Å². The van der Waals surface area contributed by atoms with Crippen LogP contribution in [0.1, 0.15) is 38.5 Å². The zero-order valence-corrected chi connectivity index (χ0v) is 17.0. The van der Waals surface area contributed by atoms with Crippen LogP contribution in [-0.4, -0.2) is 64.3 Å². The molecule has 152 valence electrons. The highest BCUT2D eigenvalue weighted by Crippen LogP contribution is 2.16. The Morgan fingerprint density at radius 3 is 2.37 bits per heavy atom. The molecule has 0 aliphatic carbocycles. The van der Waals surface area contributed by atoms with Crippen LogP contribution >= 0.6 is 0 Å². The van der Waals surface area contributed by atoms with E-state index in [1.807, 2.05) is 24.3 Å². The highest BCUT2D eigenvalue weighted by molar-refractivity contribution is 5.79. The number of piperidine rings is 1. The first-order valence-corrected chi connectivity index (χ1v) is 10.3. The van der Waals surface area contributed by atoms with Gasteiger partial charge in [0.25, 0.3) is 0 Å². The molecule has 1 aromatic rings. The van der Waals surface area contributed by atoms with Gasteiger partial charge in [-0.25, -0.2) is 0 Å². The molecule has 0 atom stereocenters. The number of unbranched alkanes of at least 4 members (excludes halogenated alkanes) is 2. The van der Waals surface area contributed by atoms with Gasteiger partial charge in [0.15, 0.2) is 5.96 Å². The average molecular weight is 377 g/mol. The van der Waals surface area contributed by atoms with Crippen molar-refractivity contribution in [3.63, 3.8) is 0 Å². The molecule has 0 unspecified atom stereocenters. The summed E-state index contributed by atoms with van der Waals surface area (Å²) in [5, 5.41) is 6.66. The first-order valence-electron chi connectivity index (χ1n) is 10.3. The van der Waals surface area contributed by atoms with Gasteiger partial charge in [0.2, 0.25) is 0 Å². The number of hydrogen-bond acceptors (Lipinski definition) is 4. The zero-order valence-electron chi connectivity index (χ0n) is 17.0. The summed E-state index contributed by atoms with van der Waals surface area (Å²) in [4.78, 5) is 6.87. The molecule has 0 bridgehead atoms. The molecule has 0 spiro atoms. The molecule has 2 rings (SSSR count). The van der Waals surface area contributed by atoms with E-state index in [0.717, 1.165) is 24.0 Å². The van der Waals surface area contributed by atoms with Gasteiger partial charge in [0.1, 0.15) is 18.1 Å². The Morgan fingerprint density at radius 2 is 1.67 bits per heavy atom. The van der Waals surface area contributed by atoms with Crippen molar-refractivity contribution in [2.75, 3.05) is 53.5 Å². The third kappa shape index (κ3) is 9.00. The Hall–Kier alpha value is -1.95. The molecule has 1 aliphatic rings.